The van der Waals surface area contributed by atoms with E-state index in [0.717, 1.165) is 5.56 Å². The van der Waals surface area contributed by atoms with Crippen LogP contribution in [0.5, 0.6) is 0 Å². The summed E-state index contributed by atoms with van der Waals surface area (Å²) in [5.74, 6) is -1.04. The summed E-state index contributed by atoms with van der Waals surface area (Å²) in [5.41, 5.74) is 7.54. The van der Waals surface area contributed by atoms with Crippen molar-refractivity contribution in [3.8, 4) is 0 Å². The van der Waals surface area contributed by atoms with E-state index in [1.165, 1.54) is 6.07 Å². The second kappa shape index (κ2) is 6.24. The number of carboxylic acid groups (broad SMARTS) is 1. The fourth-order valence-electron chi connectivity index (χ4n) is 2.06. The van der Waals surface area contributed by atoms with Gasteiger partial charge in [0.05, 0.1) is 23.0 Å². The van der Waals surface area contributed by atoms with Crippen molar-refractivity contribution in [3.63, 3.8) is 0 Å². The lowest BCUT2D eigenvalue weighted by atomic mass is 10.1. The monoisotopic (exact) mass is 324 g/mol. The molecule has 0 saturated heterocycles. The van der Waals surface area contributed by atoms with Gasteiger partial charge in [-0.25, -0.2) is 4.79 Å². The largest absolute Gasteiger partial charge is 0.478 e. The van der Waals surface area contributed by atoms with Gasteiger partial charge in [0.25, 0.3) is 0 Å². The first kappa shape index (κ1) is 15.5. The number of benzene rings is 2. The van der Waals surface area contributed by atoms with Gasteiger partial charge in [0.15, 0.2) is 0 Å². The van der Waals surface area contributed by atoms with E-state index in [-0.39, 0.29) is 11.6 Å². The quantitative estimate of drug-likeness (QED) is 0.726. The predicted octanol–water partition coefficient (Wildman–Crippen LogP) is 4.45. The van der Waals surface area contributed by atoms with Crippen molar-refractivity contribution < 1.29 is 9.90 Å². The van der Waals surface area contributed by atoms with Crippen molar-refractivity contribution in [1.82, 2.24) is 0 Å². The van der Waals surface area contributed by atoms with E-state index in [1.807, 2.05) is 6.92 Å². The Bertz CT molecular complexity index is 689. The summed E-state index contributed by atoms with van der Waals surface area (Å²) < 4.78 is 0. The van der Waals surface area contributed by atoms with E-state index in [0.29, 0.717) is 21.4 Å². The molecule has 4 N–H and O–H groups in total. The van der Waals surface area contributed by atoms with Gasteiger partial charge in [0.1, 0.15) is 0 Å². The molecule has 0 aliphatic heterocycles. The zero-order chi connectivity index (χ0) is 15.6. The minimum Gasteiger partial charge on any atom is -0.478 e. The molecule has 6 heteroatoms. The van der Waals surface area contributed by atoms with E-state index in [4.69, 9.17) is 28.9 Å². The molecule has 1 atom stereocenters. The number of aromatic carboxylic acids is 1. The van der Waals surface area contributed by atoms with Gasteiger partial charge in [-0.3, -0.25) is 0 Å². The van der Waals surface area contributed by atoms with Crippen LogP contribution in [0.25, 0.3) is 0 Å². The van der Waals surface area contributed by atoms with Crippen LogP contribution in [0.4, 0.5) is 11.4 Å². The van der Waals surface area contributed by atoms with Gasteiger partial charge in [-0.2, -0.15) is 0 Å². The molecule has 0 radical (unpaired) electrons. The third-order valence-electron chi connectivity index (χ3n) is 3.12. The topological polar surface area (TPSA) is 75.3 Å². The van der Waals surface area contributed by atoms with Crippen LogP contribution in [0.15, 0.2) is 36.4 Å². The zero-order valence-electron chi connectivity index (χ0n) is 11.2. The fourth-order valence-corrected chi connectivity index (χ4v) is 2.63. The van der Waals surface area contributed by atoms with E-state index in [2.05, 4.69) is 5.32 Å². The van der Waals surface area contributed by atoms with Gasteiger partial charge in [-0.05, 0) is 36.8 Å². The van der Waals surface area contributed by atoms with Gasteiger partial charge in [0.2, 0.25) is 0 Å². The van der Waals surface area contributed by atoms with E-state index in [1.54, 1.807) is 30.3 Å². The summed E-state index contributed by atoms with van der Waals surface area (Å²) in [6.07, 6.45) is 0. The highest BCUT2D eigenvalue weighted by atomic mass is 35.5. The Labute approximate surface area is 132 Å². The van der Waals surface area contributed by atoms with Crippen LogP contribution in [0.3, 0.4) is 0 Å². The van der Waals surface area contributed by atoms with Crippen LogP contribution >= 0.6 is 23.2 Å². The Morgan fingerprint density at radius 2 is 2.00 bits per heavy atom. The third kappa shape index (κ3) is 3.40. The molecule has 0 heterocycles. The number of carboxylic acids is 1. The Balaban J connectivity index is 2.36. The Morgan fingerprint density at radius 3 is 2.62 bits per heavy atom. The lowest BCUT2D eigenvalue weighted by molar-refractivity contribution is 0.0698. The maximum absolute atomic E-state index is 11.3. The number of para-hydroxylation sites is 1. The summed E-state index contributed by atoms with van der Waals surface area (Å²) in [4.78, 5) is 11.3. The van der Waals surface area contributed by atoms with Crippen molar-refractivity contribution >= 4 is 40.5 Å². The third-order valence-corrected chi connectivity index (χ3v) is 3.68. The van der Waals surface area contributed by atoms with Gasteiger partial charge < -0.3 is 16.2 Å². The Morgan fingerprint density at radius 1 is 1.29 bits per heavy atom. The van der Waals surface area contributed by atoms with E-state index >= 15 is 0 Å². The summed E-state index contributed by atoms with van der Waals surface area (Å²) in [6.45, 7) is 1.87. The molecular weight excluding hydrogens is 311 g/mol. The molecule has 0 amide bonds. The van der Waals surface area contributed by atoms with Gasteiger partial charge in [-0.1, -0.05) is 35.3 Å². The average Bonchev–Trinajstić information content (AvgIpc) is 2.40. The average molecular weight is 325 g/mol. The molecule has 1 unspecified atom stereocenters. The number of nitrogen functional groups attached to an aromatic ring is 1. The molecule has 2 rings (SSSR count). The summed E-state index contributed by atoms with van der Waals surface area (Å²) in [7, 11) is 0. The van der Waals surface area contributed by atoms with Crippen molar-refractivity contribution in [2.75, 3.05) is 11.1 Å². The first-order valence-electron chi connectivity index (χ1n) is 6.23. The molecule has 2 aromatic rings. The highest BCUT2D eigenvalue weighted by Crippen LogP contribution is 2.32. The SMILES string of the molecule is CC(Nc1c(N)cccc1C(=O)O)c1ccc(Cl)cc1Cl. The maximum Gasteiger partial charge on any atom is 0.337 e. The lowest BCUT2D eigenvalue weighted by Crippen LogP contribution is -2.13. The van der Waals surface area contributed by atoms with Crippen LogP contribution in [-0.2, 0) is 0 Å². The Kier molecular flexibility index (Phi) is 4.60. The Hall–Kier alpha value is -1.91. The number of nitrogens with two attached hydrogens (primary N) is 1. The molecule has 0 aliphatic carbocycles. The van der Waals surface area contributed by atoms with Crippen LogP contribution in [0.2, 0.25) is 10.0 Å². The molecule has 21 heavy (non-hydrogen) atoms. The van der Waals surface area contributed by atoms with Crippen molar-refractivity contribution in [1.29, 1.82) is 0 Å². The first-order chi connectivity index (χ1) is 9.90. The normalized spacial score (nSPS) is 12.0. The van der Waals surface area contributed by atoms with Gasteiger partial charge in [-0.15, -0.1) is 0 Å². The van der Waals surface area contributed by atoms with Gasteiger partial charge in [0, 0.05) is 10.0 Å². The maximum atomic E-state index is 11.3. The first-order valence-corrected chi connectivity index (χ1v) is 6.99. The van der Waals surface area contributed by atoms with Crippen molar-refractivity contribution in [2.24, 2.45) is 0 Å². The summed E-state index contributed by atoms with van der Waals surface area (Å²) >= 11 is 12.0. The minimum absolute atomic E-state index is 0.118. The molecule has 0 fully saturated rings. The van der Waals surface area contributed by atoms with Crippen LogP contribution < -0.4 is 11.1 Å². The number of nitrogens with one attached hydrogen (secondary N) is 1. The number of rotatable bonds is 4. The number of carbonyl (C=O) groups is 1. The number of anilines is 2. The molecule has 4 nitrogen and oxygen atoms in total. The van der Waals surface area contributed by atoms with Crippen LogP contribution in [0.1, 0.15) is 28.9 Å². The fraction of sp³-hybridized carbons (Fsp3) is 0.133. The zero-order valence-corrected chi connectivity index (χ0v) is 12.7. The number of hydrogen-bond acceptors (Lipinski definition) is 3. The van der Waals surface area contributed by atoms with Crippen LogP contribution in [-0.4, -0.2) is 11.1 Å². The minimum atomic E-state index is -1.04. The van der Waals surface area contributed by atoms with Crippen molar-refractivity contribution in [2.45, 2.75) is 13.0 Å². The standard InChI is InChI=1S/C15H14Cl2N2O2/c1-8(10-6-5-9(16)7-12(10)17)19-14-11(15(20)21)3-2-4-13(14)18/h2-8,19H,18H2,1H3,(H,20,21). The predicted molar refractivity (Wildman–Crippen MR) is 86.3 cm³/mol. The number of halogens is 2. The van der Waals surface area contributed by atoms with Gasteiger partial charge >= 0.3 is 5.97 Å². The molecule has 0 bridgehead atoms. The summed E-state index contributed by atoms with van der Waals surface area (Å²) in [6, 6.07) is 9.68. The van der Waals surface area contributed by atoms with Crippen LogP contribution in [0, 0.1) is 0 Å². The highest BCUT2D eigenvalue weighted by Gasteiger charge is 2.16. The van der Waals surface area contributed by atoms with E-state index in [9.17, 15) is 9.90 Å². The number of hydrogen-bond donors (Lipinski definition) is 3. The lowest BCUT2D eigenvalue weighted by Gasteiger charge is -2.20. The molecule has 0 saturated carbocycles. The second-order valence-electron chi connectivity index (χ2n) is 4.61. The highest BCUT2D eigenvalue weighted by molar-refractivity contribution is 6.35. The second-order valence-corrected chi connectivity index (χ2v) is 5.45. The summed E-state index contributed by atoms with van der Waals surface area (Å²) in [5, 5.41) is 13.4. The molecule has 0 aromatic heterocycles. The molecule has 0 spiro atoms. The molecule has 2 aromatic carbocycles. The van der Waals surface area contributed by atoms with Crippen molar-refractivity contribution in [3.05, 3.63) is 57.6 Å². The van der Waals surface area contributed by atoms with E-state index < -0.39 is 5.97 Å². The smallest absolute Gasteiger partial charge is 0.337 e. The molecule has 110 valence electrons. The molecule has 0 aliphatic rings. The molecular formula is C15H14Cl2N2O2.